The zero-order valence-electron chi connectivity index (χ0n) is 12.2. The largest absolute Gasteiger partial charge is 0.460 e. The third kappa shape index (κ3) is 3.03. The molecule has 2 aliphatic heterocycles. The van der Waals surface area contributed by atoms with E-state index < -0.39 is 10.9 Å². The van der Waals surface area contributed by atoms with Crippen molar-refractivity contribution in [1.82, 2.24) is 9.80 Å². The minimum absolute atomic E-state index is 0.0998. The molecule has 114 valence electrons. The lowest BCUT2D eigenvalue weighted by Gasteiger charge is -2.42. The van der Waals surface area contributed by atoms with Crippen molar-refractivity contribution in [2.24, 2.45) is 5.92 Å². The van der Waals surface area contributed by atoms with Crippen molar-refractivity contribution in [3.05, 3.63) is 21.9 Å². The first-order valence-electron chi connectivity index (χ1n) is 7.03. The van der Waals surface area contributed by atoms with E-state index in [-0.39, 0.29) is 18.0 Å². The van der Waals surface area contributed by atoms with E-state index in [1.807, 2.05) is 18.7 Å². The lowest BCUT2D eigenvalue weighted by molar-refractivity contribution is -0.451. The Balaban J connectivity index is 2.20. The van der Waals surface area contributed by atoms with E-state index in [4.69, 9.17) is 4.74 Å². The van der Waals surface area contributed by atoms with Crippen LogP contribution in [0.4, 0.5) is 4.39 Å². The van der Waals surface area contributed by atoms with Crippen molar-refractivity contribution in [2.45, 2.75) is 38.8 Å². The van der Waals surface area contributed by atoms with Crippen molar-refractivity contribution in [1.29, 1.82) is 0 Å². The van der Waals surface area contributed by atoms with Crippen molar-refractivity contribution >= 4 is 0 Å². The number of hydrogen-bond donors (Lipinski definition) is 0. The predicted octanol–water partition coefficient (Wildman–Crippen LogP) is 1.81. The highest BCUT2D eigenvalue weighted by molar-refractivity contribution is 5.06. The Morgan fingerprint density at radius 2 is 2.25 bits per heavy atom. The molecule has 2 aliphatic rings. The second kappa shape index (κ2) is 5.95. The first-order chi connectivity index (χ1) is 9.40. The normalized spacial score (nSPS) is 33.5. The molecule has 0 amide bonds. The molecule has 6 nitrogen and oxygen atoms in total. The van der Waals surface area contributed by atoms with Crippen molar-refractivity contribution < 1.29 is 14.1 Å². The minimum Gasteiger partial charge on any atom is -0.378 e. The number of nitrogens with zero attached hydrogens (tertiary/aromatic N) is 3. The molecule has 0 aliphatic carbocycles. The van der Waals surface area contributed by atoms with E-state index in [0.29, 0.717) is 25.6 Å². The Kier molecular flexibility index (Phi) is 4.47. The molecule has 2 saturated heterocycles. The number of ether oxygens (including phenoxy) is 1. The summed E-state index contributed by atoms with van der Waals surface area (Å²) in [6.45, 7) is 5.87. The Morgan fingerprint density at radius 3 is 2.80 bits per heavy atom. The molecule has 0 saturated carbocycles. The van der Waals surface area contributed by atoms with Gasteiger partial charge in [0, 0.05) is 32.1 Å². The van der Waals surface area contributed by atoms with Gasteiger partial charge >= 0.3 is 5.95 Å². The maximum Gasteiger partial charge on any atom is 0.460 e. The molecule has 3 unspecified atom stereocenters. The van der Waals surface area contributed by atoms with Crippen LogP contribution in [0.3, 0.4) is 0 Å². The minimum atomic E-state index is -1.26. The van der Waals surface area contributed by atoms with E-state index in [1.165, 1.54) is 0 Å². The van der Waals surface area contributed by atoms with E-state index in [0.717, 1.165) is 12.8 Å². The predicted molar refractivity (Wildman–Crippen MR) is 72.1 cm³/mol. The maximum atomic E-state index is 13.9. The molecule has 20 heavy (non-hydrogen) atoms. The average Bonchev–Trinajstić information content (AvgIpc) is 2.79. The van der Waals surface area contributed by atoms with Crippen LogP contribution in [0.1, 0.15) is 26.7 Å². The van der Waals surface area contributed by atoms with Crippen LogP contribution >= 0.6 is 0 Å². The molecule has 2 rings (SSSR count). The lowest BCUT2D eigenvalue weighted by atomic mass is 10.0. The van der Waals surface area contributed by atoms with E-state index in [2.05, 4.69) is 0 Å². The molecule has 7 heteroatoms. The number of hydrogen-bond acceptors (Lipinski definition) is 5. The summed E-state index contributed by atoms with van der Waals surface area (Å²) in [6, 6.07) is 0.0998. The third-order valence-corrected chi connectivity index (χ3v) is 4.13. The smallest absolute Gasteiger partial charge is 0.378 e. The molecule has 0 aromatic heterocycles. The SMILES string of the molecule is CC1CC(CN2C(=C(F)[N+](=O)[O-])N(C)CCC2C)CO1. The van der Waals surface area contributed by atoms with Gasteiger partial charge in [-0.15, -0.1) is 4.39 Å². The third-order valence-electron chi connectivity index (χ3n) is 4.13. The van der Waals surface area contributed by atoms with E-state index in [9.17, 15) is 14.5 Å². The highest BCUT2D eigenvalue weighted by Gasteiger charge is 2.36. The summed E-state index contributed by atoms with van der Waals surface area (Å²) < 4.78 is 19.4. The molecular formula is C13H22FN3O3. The highest BCUT2D eigenvalue weighted by Crippen LogP contribution is 2.29. The molecule has 3 atom stereocenters. The summed E-state index contributed by atoms with van der Waals surface area (Å²) >= 11 is 0. The maximum absolute atomic E-state index is 13.9. The first kappa shape index (κ1) is 15.0. The summed E-state index contributed by atoms with van der Waals surface area (Å²) in [5.74, 6) is -0.854. The highest BCUT2D eigenvalue weighted by atomic mass is 19.1. The quantitative estimate of drug-likeness (QED) is 0.450. The van der Waals surface area contributed by atoms with Crippen LogP contribution < -0.4 is 0 Å². The number of nitro groups is 1. The van der Waals surface area contributed by atoms with E-state index in [1.54, 1.807) is 11.9 Å². The van der Waals surface area contributed by atoms with Gasteiger partial charge in [0.2, 0.25) is 5.82 Å². The number of rotatable bonds is 3. The van der Waals surface area contributed by atoms with Gasteiger partial charge in [0.05, 0.1) is 17.6 Å². The fourth-order valence-electron chi connectivity index (χ4n) is 3.01. The van der Waals surface area contributed by atoms with Crippen molar-refractivity contribution in [3.8, 4) is 0 Å². The summed E-state index contributed by atoms with van der Waals surface area (Å²) in [7, 11) is 1.70. The van der Waals surface area contributed by atoms with Crippen LogP contribution in [0.2, 0.25) is 0 Å². The molecule has 0 aromatic carbocycles. The average molecular weight is 287 g/mol. The molecule has 0 bridgehead atoms. The van der Waals surface area contributed by atoms with Crippen LogP contribution in [0.5, 0.6) is 0 Å². The molecule has 0 aromatic rings. The summed E-state index contributed by atoms with van der Waals surface area (Å²) in [5, 5.41) is 10.8. The zero-order chi connectivity index (χ0) is 14.9. The lowest BCUT2D eigenvalue weighted by Crippen LogP contribution is -2.48. The second-order valence-corrected chi connectivity index (χ2v) is 5.83. The van der Waals surface area contributed by atoms with Gasteiger partial charge in [0.25, 0.3) is 0 Å². The molecule has 0 radical (unpaired) electrons. The van der Waals surface area contributed by atoms with Gasteiger partial charge < -0.3 is 14.5 Å². The van der Waals surface area contributed by atoms with Gasteiger partial charge in [-0.3, -0.25) is 10.1 Å². The van der Waals surface area contributed by atoms with Crippen LogP contribution in [0.25, 0.3) is 0 Å². The Labute approximate surface area is 118 Å². The summed E-state index contributed by atoms with van der Waals surface area (Å²) in [5.41, 5.74) is 0. The van der Waals surface area contributed by atoms with Crippen LogP contribution in [0, 0.1) is 16.0 Å². The van der Waals surface area contributed by atoms with Gasteiger partial charge in [-0.05, 0) is 26.7 Å². The molecular weight excluding hydrogens is 265 g/mol. The Hall–Kier alpha value is -1.37. The summed E-state index contributed by atoms with van der Waals surface area (Å²) in [6.07, 6.45) is 2.00. The molecule has 0 spiro atoms. The standard InChI is InChI=1S/C13H22FN3O3/c1-9-4-5-15(3)13(12(14)17(18)19)16(9)7-11-6-10(2)20-8-11/h9-11H,4-8H2,1-3H3. The van der Waals surface area contributed by atoms with Gasteiger partial charge in [0.15, 0.2) is 0 Å². The van der Waals surface area contributed by atoms with Gasteiger partial charge in [-0.2, -0.15) is 0 Å². The molecule has 2 heterocycles. The van der Waals surface area contributed by atoms with Crippen LogP contribution in [-0.4, -0.2) is 53.6 Å². The second-order valence-electron chi connectivity index (χ2n) is 5.83. The zero-order valence-corrected chi connectivity index (χ0v) is 12.2. The van der Waals surface area contributed by atoms with Crippen LogP contribution in [0.15, 0.2) is 11.8 Å². The van der Waals surface area contributed by atoms with Crippen LogP contribution in [-0.2, 0) is 4.74 Å². The van der Waals surface area contributed by atoms with E-state index >= 15 is 0 Å². The van der Waals surface area contributed by atoms with Gasteiger partial charge in [-0.25, -0.2) is 0 Å². The fourth-order valence-corrected chi connectivity index (χ4v) is 3.01. The molecule has 2 fully saturated rings. The Morgan fingerprint density at radius 1 is 1.55 bits per heavy atom. The fraction of sp³-hybridized carbons (Fsp3) is 0.846. The van der Waals surface area contributed by atoms with Crippen molar-refractivity contribution in [2.75, 3.05) is 26.7 Å². The molecule has 0 N–H and O–H groups in total. The van der Waals surface area contributed by atoms with Crippen molar-refractivity contribution in [3.63, 3.8) is 0 Å². The van der Waals surface area contributed by atoms with Gasteiger partial charge in [0.1, 0.15) is 0 Å². The topological polar surface area (TPSA) is 58.8 Å². The Bertz CT molecular complexity index is 416. The first-order valence-corrected chi connectivity index (χ1v) is 7.03. The monoisotopic (exact) mass is 287 g/mol. The summed E-state index contributed by atoms with van der Waals surface area (Å²) in [4.78, 5) is 13.3. The van der Waals surface area contributed by atoms with Gasteiger partial charge in [-0.1, -0.05) is 0 Å². The number of halogens is 1.